The monoisotopic (exact) mass is 557 g/mol. The van der Waals surface area contributed by atoms with Crippen LogP contribution in [0.15, 0.2) is 78.6 Å². The minimum Gasteiger partial charge on any atom is -0.382 e. The summed E-state index contributed by atoms with van der Waals surface area (Å²) < 4.78 is 2.05. The summed E-state index contributed by atoms with van der Waals surface area (Å²) in [6.45, 7) is 1.35. The van der Waals surface area contributed by atoms with Gasteiger partial charge >= 0.3 is 0 Å². The molecular weight excluding hydrogens is 526 g/mol. The molecule has 7 rings (SSSR count). The van der Waals surface area contributed by atoms with Gasteiger partial charge in [0.2, 0.25) is 0 Å². The zero-order valence-corrected chi connectivity index (χ0v) is 23.1. The Bertz CT molecular complexity index is 1730. The molecule has 2 aromatic heterocycles. The first-order valence-electron chi connectivity index (χ1n) is 14.5. The summed E-state index contributed by atoms with van der Waals surface area (Å²) >= 11 is 0. The van der Waals surface area contributed by atoms with Crippen molar-refractivity contribution in [2.45, 2.75) is 31.6 Å². The lowest BCUT2D eigenvalue weighted by atomic mass is 10.0. The van der Waals surface area contributed by atoms with E-state index in [2.05, 4.69) is 20.8 Å². The number of fused-ring (bicyclic) bond motifs is 2. The number of nitrogens with one attached hydrogen (secondary N) is 1. The Morgan fingerprint density at radius 1 is 1.02 bits per heavy atom. The molecule has 42 heavy (non-hydrogen) atoms. The van der Waals surface area contributed by atoms with E-state index >= 15 is 0 Å². The van der Waals surface area contributed by atoms with Crippen molar-refractivity contribution >= 4 is 28.8 Å². The Kier molecular flexibility index (Phi) is 6.46. The Balaban J connectivity index is 1.11. The van der Waals surface area contributed by atoms with Crippen LogP contribution in [-0.4, -0.2) is 44.2 Å². The number of para-hydroxylation sites is 1. The fourth-order valence-electron chi connectivity index (χ4n) is 6.58. The van der Waals surface area contributed by atoms with Gasteiger partial charge in [0.1, 0.15) is 34.5 Å². The van der Waals surface area contributed by atoms with E-state index in [4.69, 9.17) is 10.7 Å². The number of nitrogen functional groups attached to an aromatic ring is 1. The lowest BCUT2D eigenvalue weighted by Crippen LogP contribution is -2.31. The summed E-state index contributed by atoms with van der Waals surface area (Å²) in [5.41, 5.74) is 10.3. The number of nitrogens with zero attached hydrogens (tertiary/aromatic N) is 5. The molecule has 3 aliphatic rings. The number of nitrogens with two attached hydrogens (primary N) is 1. The average Bonchev–Trinajstić information content (AvgIpc) is 3.41. The van der Waals surface area contributed by atoms with Crippen LogP contribution in [0.2, 0.25) is 0 Å². The fourth-order valence-corrected chi connectivity index (χ4v) is 6.58. The van der Waals surface area contributed by atoms with Crippen LogP contribution in [0, 0.1) is 29.1 Å². The predicted octanol–water partition coefficient (Wildman–Crippen LogP) is 5.04. The molecule has 2 amide bonds. The molecule has 3 N–H and O–H groups in total. The number of benzene rings is 2. The third-order valence-electron chi connectivity index (χ3n) is 8.84. The summed E-state index contributed by atoms with van der Waals surface area (Å²) in [6.07, 6.45) is 9.44. The van der Waals surface area contributed by atoms with Gasteiger partial charge in [0.05, 0.1) is 0 Å². The first-order chi connectivity index (χ1) is 20.5. The smallest absolute Gasteiger partial charge is 0.264 e. The highest BCUT2D eigenvalue weighted by molar-refractivity contribution is 6.04. The summed E-state index contributed by atoms with van der Waals surface area (Å²) in [5.74, 6) is 2.39. The Hall–Kier alpha value is -4.97. The average molecular weight is 558 g/mol. The van der Waals surface area contributed by atoms with E-state index in [0.29, 0.717) is 47.8 Å². The minimum atomic E-state index is -0.181. The summed E-state index contributed by atoms with van der Waals surface area (Å²) in [4.78, 5) is 37.1. The molecule has 1 aliphatic heterocycles. The normalized spacial score (nSPS) is 21.7. The van der Waals surface area contributed by atoms with Gasteiger partial charge in [-0.2, -0.15) is 5.26 Å². The van der Waals surface area contributed by atoms with Gasteiger partial charge in [-0.05, 0) is 67.7 Å². The van der Waals surface area contributed by atoms with Gasteiger partial charge in [-0.25, -0.2) is 9.97 Å². The highest BCUT2D eigenvalue weighted by Gasteiger charge is 2.44. The second kappa shape index (κ2) is 10.5. The molecule has 3 fully saturated rings. The number of hydrogen-bond acceptors (Lipinski definition) is 6. The number of allylic oxidation sites excluding steroid dienone is 1. The van der Waals surface area contributed by atoms with Crippen molar-refractivity contribution in [1.82, 2.24) is 19.3 Å². The van der Waals surface area contributed by atoms with Gasteiger partial charge in [-0.3, -0.25) is 14.0 Å². The van der Waals surface area contributed by atoms with Gasteiger partial charge < -0.3 is 16.0 Å². The van der Waals surface area contributed by atoms with Gasteiger partial charge in [0.25, 0.3) is 11.8 Å². The van der Waals surface area contributed by atoms with E-state index in [1.165, 1.54) is 0 Å². The largest absolute Gasteiger partial charge is 0.382 e. The summed E-state index contributed by atoms with van der Waals surface area (Å²) in [7, 11) is 0. The van der Waals surface area contributed by atoms with Crippen molar-refractivity contribution < 1.29 is 9.59 Å². The molecular formula is C33H31N7O2. The lowest BCUT2D eigenvalue weighted by molar-refractivity contribution is -0.126. The maximum Gasteiger partial charge on any atom is 0.264 e. The van der Waals surface area contributed by atoms with Crippen LogP contribution in [0.5, 0.6) is 0 Å². The van der Waals surface area contributed by atoms with Crippen LogP contribution < -0.4 is 11.1 Å². The molecule has 9 heteroatoms. The van der Waals surface area contributed by atoms with Crippen LogP contribution in [0.1, 0.15) is 47.8 Å². The molecule has 3 heterocycles. The minimum absolute atomic E-state index is 0.122. The third-order valence-corrected chi connectivity index (χ3v) is 8.84. The van der Waals surface area contributed by atoms with Crippen LogP contribution in [0.3, 0.4) is 0 Å². The number of rotatable bonds is 6. The number of anilines is 2. The molecule has 9 nitrogen and oxygen atoms in total. The Morgan fingerprint density at radius 2 is 1.74 bits per heavy atom. The first kappa shape index (κ1) is 26.0. The summed E-state index contributed by atoms with van der Waals surface area (Å²) in [5, 5.41) is 12.5. The third kappa shape index (κ3) is 4.79. The second-order valence-electron chi connectivity index (χ2n) is 11.7. The van der Waals surface area contributed by atoms with Crippen molar-refractivity contribution in [1.29, 1.82) is 5.26 Å². The molecule has 2 unspecified atom stereocenters. The quantitative estimate of drug-likeness (QED) is 0.252. The van der Waals surface area contributed by atoms with Crippen molar-refractivity contribution in [3.05, 3.63) is 90.0 Å². The topological polar surface area (TPSA) is 129 Å². The highest BCUT2D eigenvalue weighted by Crippen LogP contribution is 2.47. The molecule has 0 spiro atoms. The molecule has 4 aromatic rings. The molecule has 210 valence electrons. The number of hydrogen-bond donors (Lipinski definition) is 2. The molecule has 1 saturated heterocycles. The van der Waals surface area contributed by atoms with Gasteiger partial charge in [-0.15, -0.1) is 0 Å². The van der Waals surface area contributed by atoms with E-state index in [1.54, 1.807) is 18.3 Å². The van der Waals surface area contributed by atoms with Gasteiger partial charge in [0.15, 0.2) is 0 Å². The highest BCUT2D eigenvalue weighted by atomic mass is 16.2. The zero-order valence-electron chi connectivity index (χ0n) is 23.1. The number of amides is 2. The molecule has 2 atom stereocenters. The number of carbonyl (C=O) groups excluding carboxylic acids is 2. The van der Waals surface area contributed by atoms with E-state index in [0.717, 1.165) is 54.0 Å². The fraction of sp³-hybridized carbons (Fsp3) is 0.303. The van der Waals surface area contributed by atoms with Gasteiger partial charge in [-0.1, -0.05) is 36.4 Å². The van der Waals surface area contributed by atoms with E-state index in [1.807, 2.05) is 59.6 Å². The van der Waals surface area contributed by atoms with Crippen LogP contribution in [-0.2, 0) is 4.79 Å². The van der Waals surface area contributed by atoms with Crippen molar-refractivity contribution in [2.75, 3.05) is 24.1 Å². The summed E-state index contributed by atoms with van der Waals surface area (Å²) in [6, 6.07) is 18.9. The second-order valence-corrected chi connectivity index (χ2v) is 11.7. The molecule has 2 aromatic carbocycles. The number of likely N-dealkylation sites (tertiary alicyclic amines) is 1. The molecule has 0 radical (unpaired) electrons. The number of carbonyl (C=O) groups is 2. The van der Waals surface area contributed by atoms with Crippen LogP contribution in [0.4, 0.5) is 11.5 Å². The number of nitriles is 1. The Labute approximate surface area is 243 Å². The standard InChI is InChI=1S/C33H31N7O2/c34-17-24(14-20-6-7-20)33(42)39-18-25-15-23(16-26(25)19-39)31-38-28(29-30(35)36-12-13-40(29)31)21-8-10-22(11-9-21)32(41)37-27-4-2-1-3-5-27/h1-5,8-14,20,23,25-26H,6-7,15-16,18-19H2,(H2,35,36)(H,37,41)/b24-14-. The van der Waals surface area contributed by atoms with Crippen LogP contribution >= 0.6 is 0 Å². The van der Waals surface area contributed by atoms with Crippen LogP contribution in [0.25, 0.3) is 16.8 Å². The predicted molar refractivity (Wildman–Crippen MR) is 159 cm³/mol. The SMILES string of the molecule is N#C/C(=C/C1CC1)C(=O)N1CC2CC(c3nc(-c4ccc(C(=O)Nc5ccccc5)cc4)c4c(N)nccn34)CC2C1. The van der Waals surface area contributed by atoms with E-state index in [9.17, 15) is 14.9 Å². The zero-order chi connectivity index (χ0) is 28.8. The Morgan fingerprint density at radius 3 is 2.40 bits per heavy atom. The van der Waals surface area contributed by atoms with E-state index in [-0.39, 0.29) is 17.7 Å². The number of aromatic nitrogens is 3. The first-order valence-corrected chi connectivity index (χ1v) is 14.5. The van der Waals surface area contributed by atoms with E-state index < -0.39 is 0 Å². The molecule has 2 aliphatic carbocycles. The lowest BCUT2D eigenvalue weighted by Gasteiger charge is -2.18. The number of imidazole rings is 1. The maximum atomic E-state index is 13.0. The molecule has 0 bridgehead atoms. The van der Waals surface area contributed by atoms with Gasteiger partial charge in [0, 0.05) is 48.2 Å². The van der Waals surface area contributed by atoms with Crippen molar-refractivity contribution in [3.63, 3.8) is 0 Å². The van der Waals surface area contributed by atoms with Crippen molar-refractivity contribution in [2.24, 2.45) is 17.8 Å². The molecule has 2 saturated carbocycles. The maximum absolute atomic E-state index is 13.0. The van der Waals surface area contributed by atoms with Crippen molar-refractivity contribution in [3.8, 4) is 17.3 Å².